The van der Waals surface area contributed by atoms with Gasteiger partial charge in [-0.1, -0.05) is 6.07 Å². The predicted molar refractivity (Wildman–Crippen MR) is 130 cm³/mol. The van der Waals surface area contributed by atoms with E-state index < -0.39 is 35.7 Å². The Labute approximate surface area is 203 Å². The average Bonchev–Trinajstić information content (AvgIpc) is 3.59. The summed E-state index contributed by atoms with van der Waals surface area (Å²) in [6.45, 7) is 8.91. The van der Waals surface area contributed by atoms with E-state index in [0.29, 0.717) is 22.3 Å². The molecular formula is C26H28BFN2O5. The zero-order chi connectivity index (χ0) is 25.1. The third kappa shape index (κ3) is 4.17. The van der Waals surface area contributed by atoms with Gasteiger partial charge in [0.05, 0.1) is 16.6 Å². The number of nitrogens with zero attached hydrogens (tertiary/aromatic N) is 2. The van der Waals surface area contributed by atoms with Crippen molar-refractivity contribution in [1.29, 1.82) is 0 Å². The van der Waals surface area contributed by atoms with E-state index in [1.54, 1.807) is 18.3 Å². The van der Waals surface area contributed by atoms with E-state index >= 15 is 4.39 Å². The summed E-state index contributed by atoms with van der Waals surface area (Å²) in [4.78, 5) is 29.6. The first-order chi connectivity index (χ1) is 16.5. The van der Waals surface area contributed by atoms with Crippen molar-refractivity contribution < 1.29 is 23.2 Å². The first-order valence-corrected chi connectivity index (χ1v) is 11.8. The van der Waals surface area contributed by atoms with Crippen LogP contribution in [-0.2, 0) is 25.4 Å². The van der Waals surface area contributed by atoms with Crippen LogP contribution in [0.2, 0.25) is 0 Å². The number of ether oxygens (including phenoxy) is 1. The highest BCUT2D eigenvalue weighted by Crippen LogP contribution is 2.41. The smallest absolute Gasteiger partial charge is 0.461 e. The Hall–Kier alpha value is -3.04. The largest absolute Gasteiger partial charge is 0.495 e. The second kappa shape index (κ2) is 8.27. The number of benzene rings is 1. The summed E-state index contributed by atoms with van der Waals surface area (Å²) in [5.41, 5.74) is 0.238. The van der Waals surface area contributed by atoms with Crippen LogP contribution in [0.5, 0.6) is 0 Å². The Kier molecular flexibility index (Phi) is 5.60. The Morgan fingerprint density at radius 2 is 1.89 bits per heavy atom. The van der Waals surface area contributed by atoms with Gasteiger partial charge < -0.3 is 14.0 Å². The van der Waals surface area contributed by atoms with E-state index in [1.165, 1.54) is 23.8 Å². The molecule has 0 N–H and O–H groups in total. The number of halogens is 1. The topological polar surface area (TPSA) is 79.7 Å². The van der Waals surface area contributed by atoms with Gasteiger partial charge in [-0.3, -0.25) is 14.2 Å². The molecule has 2 fully saturated rings. The molecule has 0 bridgehead atoms. The first-order valence-electron chi connectivity index (χ1n) is 11.8. The molecule has 0 spiro atoms. The quantitative estimate of drug-likeness (QED) is 0.411. The molecule has 3 heterocycles. The summed E-state index contributed by atoms with van der Waals surface area (Å²) >= 11 is 0. The van der Waals surface area contributed by atoms with E-state index in [0.717, 1.165) is 18.4 Å². The van der Waals surface area contributed by atoms with Gasteiger partial charge in [0.1, 0.15) is 18.2 Å². The van der Waals surface area contributed by atoms with Crippen LogP contribution in [0.25, 0.3) is 16.6 Å². The van der Waals surface area contributed by atoms with Gasteiger partial charge in [-0.25, -0.2) is 9.37 Å². The Balaban J connectivity index is 1.65. The molecule has 3 aromatic rings. The van der Waals surface area contributed by atoms with Crippen molar-refractivity contribution in [3.8, 4) is 5.82 Å². The van der Waals surface area contributed by atoms with Crippen molar-refractivity contribution in [3.05, 3.63) is 64.0 Å². The minimum absolute atomic E-state index is 0.00169. The van der Waals surface area contributed by atoms with E-state index in [9.17, 15) is 9.59 Å². The van der Waals surface area contributed by atoms with Crippen LogP contribution in [0, 0.1) is 5.82 Å². The molecule has 1 aromatic carbocycles. The van der Waals surface area contributed by atoms with Gasteiger partial charge in [0, 0.05) is 24.9 Å². The SMILES string of the molecule is CC(=O)OCc1c(B2OC(C)(C)C(C)(C)O2)ccnc1-n1ccc2cc(C3CC3)cc(F)c2c1=O. The van der Waals surface area contributed by atoms with E-state index in [2.05, 4.69) is 4.98 Å². The van der Waals surface area contributed by atoms with Crippen LogP contribution in [0.1, 0.15) is 64.5 Å². The van der Waals surface area contributed by atoms with Gasteiger partial charge in [-0.15, -0.1) is 0 Å². The molecule has 5 rings (SSSR count). The standard InChI is InChI=1S/C26H28BFN2O5/c1-15(31)33-14-19-20(27-34-25(2,3)26(4,5)35-27)8-10-29-23(19)30-11-9-17-12-18(16-6-7-16)13-21(28)22(17)24(30)32/h8-13,16H,6-7,14H2,1-5H3. The number of carbonyl (C=O) groups is 1. The van der Waals surface area contributed by atoms with Crippen molar-refractivity contribution in [2.75, 3.05) is 0 Å². The second-order valence-electron chi connectivity index (χ2n) is 10.3. The molecule has 1 aliphatic heterocycles. The average molecular weight is 478 g/mol. The molecule has 0 unspecified atom stereocenters. The van der Waals surface area contributed by atoms with Crippen molar-refractivity contribution in [1.82, 2.24) is 9.55 Å². The molecule has 182 valence electrons. The number of hydrogen-bond acceptors (Lipinski definition) is 6. The predicted octanol–water partition coefficient (Wildman–Crippen LogP) is 3.76. The Morgan fingerprint density at radius 1 is 1.20 bits per heavy atom. The number of carbonyl (C=O) groups excluding carboxylic acids is 1. The minimum Gasteiger partial charge on any atom is -0.461 e. The molecular weight excluding hydrogens is 450 g/mol. The van der Waals surface area contributed by atoms with Crippen LogP contribution in [-0.4, -0.2) is 33.8 Å². The molecule has 1 saturated heterocycles. The van der Waals surface area contributed by atoms with E-state index in [1.807, 2.05) is 33.8 Å². The molecule has 9 heteroatoms. The fourth-order valence-electron chi connectivity index (χ4n) is 4.38. The van der Waals surface area contributed by atoms with Gasteiger partial charge in [0.25, 0.3) is 5.56 Å². The van der Waals surface area contributed by atoms with Gasteiger partial charge in [-0.2, -0.15) is 0 Å². The molecule has 0 amide bonds. The van der Waals surface area contributed by atoms with Crippen molar-refractivity contribution in [2.24, 2.45) is 0 Å². The lowest BCUT2D eigenvalue weighted by molar-refractivity contribution is -0.142. The fourth-order valence-corrected chi connectivity index (χ4v) is 4.38. The molecule has 2 aromatic heterocycles. The van der Waals surface area contributed by atoms with Gasteiger partial charge in [-0.05, 0) is 81.1 Å². The lowest BCUT2D eigenvalue weighted by atomic mass is 9.76. The van der Waals surface area contributed by atoms with Crippen LogP contribution in [0.3, 0.4) is 0 Å². The number of esters is 1. The maximum Gasteiger partial charge on any atom is 0.495 e. The number of fused-ring (bicyclic) bond motifs is 1. The third-order valence-corrected chi connectivity index (χ3v) is 7.25. The van der Waals surface area contributed by atoms with E-state index in [4.69, 9.17) is 14.0 Å². The molecule has 1 aliphatic carbocycles. The highest BCUT2D eigenvalue weighted by molar-refractivity contribution is 6.62. The Morgan fingerprint density at radius 3 is 2.51 bits per heavy atom. The number of rotatable bonds is 5. The Bertz CT molecular complexity index is 1380. The maximum absolute atomic E-state index is 15.1. The summed E-state index contributed by atoms with van der Waals surface area (Å²) in [6, 6.07) is 6.78. The van der Waals surface area contributed by atoms with Crippen molar-refractivity contribution in [2.45, 2.75) is 71.2 Å². The number of hydrogen-bond donors (Lipinski definition) is 0. The normalized spacial score (nSPS) is 18.7. The second-order valence-corrected chi connectivity index (χ2v) is 10.3. The van der Waals surface area contributed by atoms with E-state index in [-0.39, 0.29) is 17.8 Å². The van der Waals surface area contributed by atoms with Crippen LogP contribution in [0.15, 0.2) is 41.5 Å². The summed E-state index contributed by atoms with van der Waals surface area (Å²) in [7, 11) is -0.763. The zero-order valence-electron chi connectivity index (χ0n) is 20.6. The highest BCUT2D eigenvalue weighted by atomic mass is 19.1. The van der Waals surface area contributed by atoms with Crippen molar-refractivity contribution >= 4 is 29.3 Å². The summed E-state index contributed by atoms with van der Waals surface area (Å²) in [5, 5.41) is 0.551. The fraction of sp³-hybridized carbons (Fsp3) is 0.423. The van der Waals surface area contributed by atoms with Crippen molar-refractivity contribution in [3.63, 3.8) is 0 Å². The highest BCUT2D eigenvalue weighted by Gasteiger charge is 2.52. The van der Waals surface area contributed by atoms with Crippen LogP contribution < -0.4 is 11.0 Å². The molecule has 35 heavy (non-hydrogen) atoms. The molecule has 0 radical (unpaired) electrons. The minimum atomic E-state index is -0.763. The maximum atomic E-state index is 15.1. The molecule has 2 aliphatic rings. The summed E-state index contributed by atoms with van der Waals surface area (Å²) in [5.74, 6) is -0.433. The molecule has 1 saturated carbocycles. The monoisotopic (exact) mass is 478 g/mol. The van der Waals surface area contributed by atoms with Gasteiger partial charge >= 0.3 is 13.1 Å². The summed E-state index contributed by atoms with van der Waals surface area (Å²) < 4.78 is 34.1. The summed E-state index contributed by atoms with van der Waals surface area (Å²) in [6.07, 6.45) is 5.19. The number of pyridine rings is 2. The van der Waals surface area contributed by atoms with Crippen LogP contribution in [0.4, 0.5) is 4.39 Å². The lowest BCUT2D eigenvalue weighted by Gasteiger charge is -2.32. The molecule has 7 nitrogen and oxygen atoms in total. The molecule has 0 atom stereocenters. The van der Waals surface area contributed by atoms with Crippen LogP contribution >= 0.6 is 0 Å². The van der Waals surface area contributed by atoms with Gasteiger partial charge in [0.15, 0.2) is 0 Å². The lowest BCUT2D eigenvalue weighted by Crippen LogP contribution is -2.41. The van der Waals surface area contributed by atoms with Gasteiger partial charge in [0.2, 0.25) is 0 Å². The number of aromatic nitrogens is 2. The third-order valence-electron chi connectivity index (χ3n) is 7.25. The zero-order valence-corrected chi connectivity index (χ0v) is 20.6. The first kappa shape index (κ1) is 23.7.